The number of hydrogen-bond donors (Lipinski definition) is 1. The first-order valence-corrected chi connectivity index (χ1v) is 12.8. The minimum atomic E-state index is -3.61. The van der Waals surface area contributed by atoms with E-state index in [0.29, 0.717) is 40.2 Å². The number of nitrogens with one attached hydrogen (secondary N) is 1. The van der Waals surface area contributed by atoms with E-state index in [9.17, 15) is 13.2 Å². The fraction of sp³-hybridized carbons (Fsp3) is 0.350. The number of carbonyl (C=O) groups is 1. The van der Waals surface area contributed by atoms with E-state index in [1.807, 2.05) is 6.07 Å². The molecular formula is C20H24Cl2N2O3S2. The van der Waals surface area contributed by atoms with E-state index in [1.165, 1.54) is 4.31 Å². The average molecular weight is 475 g/mol. The SMILES string of the molecule is CCC(C(=O)NCCSCc1ccc(Cl)cc1Cl)N(c1ccccc1)S(C)(=O)=O. The molecule has 0 heterocycles. The summed E-state index contributed by atoms with van der Waals surface area (Å²) in [4.78, 5) is 12.7. The zero-order valence-corrected chi connectivity index (χ0v) is 19.4. The van der Waals surface area contributed by atoms with Crippen molar-refractivity contribution in [3.8, 4) is 0 Å². The first kappa shape index (κ1) is 23.9. The first-order valence-electron chi connectivity index (χ1n) is 9.08. The number of para-hydroxylation sites is 1. The van der Waals surface area contributed by atoms with E-state index in [1.54, 1.807) is 61.2 Å². The third kappa shape index (κ3) is 7.10. The molecular weight excluding hydrogens is 451 g/mol. The highest BCUT2D eigenvalue weighted by Gasteiger charge is 2.31. The molecule has 2 aromatic rings. The summed E-state index contributed by atoms with van der Waals surface area (Å²) in [5.41, 5.74) is 1.45. The number of carbonyl (C=O) groups excluding carboxylic acids is 1. The molecule has 0 saturated carbocycles. The van der Waals surface area contributed by atoms with Crippen LogP contribution in [0.15, 0.2) is 48.5 Å². The molecule has 1 amide bonds. The van der Waals surface area contributed by atoms with Crippen molar-refractivity contribution >= 4 is 56.6 Å². The largest absolute Gasteiger partial charge is 0.353 e. The maximum atomic E-state index is 12.7. The minimum Gasteiger partial charge on any atom is -0.353 e. The molecule has 9 heteroatoms. The summed E-state index contributed by atoms with van der Waals surface area (Å²) in [6, 6.07) is 13.2. The van der Waals surface area contributed by atoms with E-state index in [4.69, 9.17) is 23.2 Å². The summed E-state index contributed by atoms with van der Waals surface area (Å²) in [5, 5.41) is 4.06. The van der Waals surface area contributed by atoms with Crippen molar-refractivity contribution in [2.45, 2.75) is 25.1 Å². The number of anilines is 1. The molecule has 1 atom stereocenters. The third-order valence-electron chi connectivity index (χ3n) is 4.16. The first-order chi connectivity index (χ1) is 13.7. The zero-order chi connectivity index (χ0) is 21.4. The van der Waals surface area contributed by atoms with Gasteiger partial charge in [0, 0.05) is 28.1 Å². The number of halogens is 2. The standard InChI is InChI=1S/C20H24Cl2N2O3S2/c1-3-19(24(29(2,26)27)17-7-5-4-6-8-17)20(25)23-11-12-28-14-15-9-10-16(21)13-18(15)22/h4-10,13,19H,3,11-12,14H2,1-2H3,(H,23,25). The van der Waals surface area contributed by atoms with Gasteiger partial charge in [-0.15, -0.1) is 0 Å². The van der Waals surface area contributed by atoms with Gasteiger partial charge in [-0.1, -0.05) is 54.4 Å². The van der Waals surface area contributed by atoms with Gasteiger partial charge in [-0.2, -0.15) is 11.8 Å². The van der Waals surface area contributed by atoms with Crippen molar-refractivity contribution in [3.63, 3.8) is 0 Å². The molecule has 2 aromatic carbocycles. The van der Waals surface area contributed by atoms with Gasteiger partial charge in [-0.3, -0.25) is 9.10 Å². The lowest BCUT2D eigenvalue weighted by molar-refractivity contribution is -0.122. The maximum absolute atomic E-state index is 12.7. The van der Waals surface area contributed by atoms with Crippen LogP contribution in [0.5, 0.6) is 0 Å². The van der Waals surface area contributed by atoms with Crippen molar-refractivity contribution in [1.82, 2.24) is 5.32 Å². The number of rotatable bonds is 10. The molecule has 0 aliphatic carbocycles. The van der Waals surface area contributed by atoms with Crippen LogP contribution in [0.25, 0.3) is 0 Å². The van der Waals surface area contributed by atoms with Gasteiger partial charge in [0.25, 0.3) is 0 Å². The van der Waals surface area contributed by atoms with Gasteiger partial charge in [0.05, 0.1) is 11.9 Å². The second kappa shape index (κ2) is 11.1. The third-order valence-corrected chi connectivity index (χ3v) is 6.93. The Kier molecular flexibility index (Phi) is 9.14. The van der Waals surface area contributed by atoms with Crippen LogP contribution in [0.2, 0.25) is 10.0 Å². The molecule has 0 aliphatic rings. The van der Waals surface area contributed by atoms with Crippen LogP contribution in [0, 0.1) is 0 Å². The van der Waals surface area contributed by atoms with E-state index >= 15 is 0 Å². The number of sulfonamides is 1. The van der Waals surface area contributed by atoms with Crippen LogP contribution in [-0.2, 0) is 20.6 Å². The minimum absolute atomic E-state index is 0.313. The molecule has 1 N–H and O–H groups in total. The van der Waals surface area contributed by atoms with Crippen LogP contribution < -0.4 is 9.62 Å². The number of amides is 1. The predicted molar refractivity (Wildman–Crippen MR) is 123 cm³/mol. The molecule has 0 bridgehead atoms. The van der Waals surface area contributed by atoms with E-state index in [-0.39, 0.29) is 5.91 Å². The highest BCUT2D eigenvalue weighted by molar-refractivity contribution is 7.98. The molecule has 0 spiro atoms. The topological polar surface area (TPSA) is 66.5 Å². The molecule has 158 valence electrons. The second-order valence-corrected chi connectivity index (χ2v) is 10.2. The Bertz CT molecular complexity index is 925. The number of thioether (sulfide) groups is 1. The van der Waals surface area contributed by atoms with Gasteiger partial charge in [0.15, 0.2) is 0 Å². The Hall–Kier alpha value is -1.41. The van der Waals surface area contributed by atoms with Crippen molar-refractivity contribution in [3.05, 3.63) is 64.1 Å². The zero-order valence-electron chi connectivity index (χ0n) is 16.3. The van der Waals surface area contributed by atoms with Crippen molar-refractivity contribution in [2.75, 3.05) is 22.9 Å². The normalized spacial score (nSPS) is 12.4. The molecule has 5 nitrogen and oxygen atoms in total. The molecule has 0 fully saturated rings. The highest BCUT2D eigenvalue weighted by Crippen LogP contribution is 2.25. The summed E-state index contributed by atoms with van der Waals surface area (Å²) >= 11 is 13.7. The van der Waals surface area contributed by atoms with Crippen LogP contribution >= 0.6 is 35.0 Å². The van der Waals surface area contributed by atoms with Crippen molar-refractivity contribution in [1.29, 1.82) is 0 Å². The van der Waals surface area contributed by atoms with E-state index in [2.05, 4.69) is 5.32 Å². The Labute approximate surface area is 186 Å². The summed E-state index contributed by atoms with van der Waals surface area (Å²) in [5.74, 6) is 1.06. The molecule has 0 aromatic heterocycles. The number of benzene rings is 2. The lowest BCUT2D eigenvalue weighted by Gasteiger charge is -2.30. The van der Waals surface area contributed by atoms with Gasteiger partial charge in [-0.05, 0) is 36.2 Å². The number of hydrogen-bond acceptors (Lipinski definition) is 4. The molecule has 2 rings (SSSR count). The van der Waals surface area contributed by atoms with Crippen molar-refractivity contribution in [2.24, 2.45) is 0 Å². The summed E-state index contributed by atoms with van der Waals surface area (Å²) < 4.78 is 25.9. The lowest BCUT2D eigenvalue weighted by Crippen LogP contribution is -2.49. The van der Waals surface area contributed by atoms with E-state index in [0.717, 1.165) is 11.8 Å². The van der Waals surface area contributed by atoms with Crippen LogP contribution in [-0.4, -0.2) is 38.9 Å². The summed E-state index contributed by atoms with van der Waals surface area (Å²) in [6.07, 6.45) is 1.48. The molecule has 29 heavy (non-hydrogen) atoms. The van der Waals surface area contributed by atoms with Gasteiger partial charge in [0.2, 0.25) is 15.9 Å². The molecule has 0 saturated heterocycles. The maximum Gasteiger partial charge on any atom is 0.243 e. The Morgan fingerprint density at radius 3 is 2.45 bits per heavy atom. The van der Waals surface area contributed by atoms with Gasteiger partial charge in [0.1, 0.15) is 6.04 Å². The Morgan fingerprint density at radius 1 is 1.17 bits per heavy atom. The summed E-state index contributed by atoms with van der Waals surface area (Å²) in [6.45, 7) is 2.22. The molecule has 1 unspecified atom stereocenters. The highest BCUT2D eigenvalue weighted by atomic mass is 35.5. The Morgan fingerprint density at radius 2 is 1.86 bits per heavy atom. The fourth-order valence-corrected chi connectivity index (χ4v) is 5.45. The summed E-state index contributed by atoms with van der Waals surface area (Å²) in [7, 11) is -3.61. The quantitative estimate of drug-likeness (QED) is 0.511. The monoisotopic (exact) mass is 474 g/mol. The van der Waals surface area contributed by atoms with Crippen LogP contribution in [0.4, 0.5) is 5.69 Å². The van der Waals surface area contributed by atoms with Crippen molar-refractivity contribution < 1.29 is 13.2 Å². The average Bonchev–Trinajstić information content (AvgIpc) is 2.66. The molecule has 0 radical (unpaired) electrons. The van der Waals surface area contributed by atoms with Crippen LogP contribution in [0.3, 0.4) is 0 Å². The molecule has 0 aliphatic heterocycles. The van der Waals surface area contributed by atoms with Gasteiger partial charge in [-0.25, -0.2) is 8.42 Å². The number of nitrogens with zero attached hydrogens (tertiary/aromatic N) is 1. The fourth-order valence-electron chi connectivity index (χ4n) is 2.82. The predicted octanol–water partition coefficient (Wildman–Crippen LogP) is 4.59. The van der Waals surface area contributed by atoms with Gasteiger partial charge >= 0.3 is 0 Å². The Balaban J connectivity index is 1.93. The van der Waals surface area contributed by atoms with Crippen LogP contribution in [0.1, 0.15) is 18.9 Å². The smallest absolute Gasteiger partial charge is 0.243 e. The lowest BCUT2D eigenvalue weighted by atomic mass is 10.2. The second-order valence-electron chi connectivity index (χ2n) is 6.40. The van der Waals surface area contributed by atoms with E-state index < -0.39 is 16.1 Å². The van der Waals surface area contributed by atoms with Gasteiger partial charge < -0.3 is 5.32 Å².